The van der Waals surface area contributed by atoms with Gasteiger partial charge in [0.25, 0.3) is 0 Å². The lowest BCUT2D eigenvalue weighted by molar-refractivity contribution is -0.00641. The maximum absolute atomic E-state index is 14.5. The van der Waals surface area contributed by atoms with E-state index >= 15 is 0 Å². The number of imide groups is 1. The van der Waals surface area contributed by atoms with Gasteiger partial charge >= 0.3 is 12.2 Å². The number of rotatable bonds is 5. The maximum atomic E-state index is 14.5. The van der Waals surface area contributed by atoms with Crippen LogP contribution in [0.3, 0.4) is 0 Å². The molecule has 0 spiro atoms. The second-order valence-electron chi connectivity index (χ2n) is 12.9. The van der Waals surface area contributed by atoms with Crippen LogP contribution in [0.25, 0.3) is 22.2 Å². The Bertz CT molecular complexity index is 1380. The van der Waals surface area contributed by atoms with Crippen LogP contribution < -0.4 is 0 Å². The van der Waals surface area contributed by atoms with Crippen LogP contribution in [0.15, 0.2) is 24.7 Å². The fourth-order valence-corrected chi connectivity index (χ4v) is 5.10. The lowest BCUT2D eigenvalue weighted by Crippen LogP contribution is -2.47. The molecule has 3 aromatic heterocycles. The normalized spacial score (nSPS) is 19.6. The van der Waals surface area contributed by atoms with Crippen LogP contribution in [0.4, 0.5) is 14.0 Å². The van der Waals surface area contributed by atoms with Crippen molar-refractivity contribution in [2.24, 2.45) is 13.0 Å². The quantitative estimate of drug-likeness (QED) is 0.364. The summed E-state index contributed by atoms with van der Waals surface area (Å²) >= 11 is 0. The van der Waals surface area contributed by atoms with E-state index in [0.717, 1.165) is 52.9 Å². The summed E-state index contributed by atoms with van der Waals surface area (Å²) < 4.78 is 29.3. The first-order valence-electron chi connectivity index (χ1n) is 13.6. The Morgan fingerprint density at radius 3 is 2.26 bits per heavy atom. The third-order valence-electron chi connectivity index (χ3n) is 7.09. The second kappa shape index (κ2) is 9.64. The molecule has 0 bridgehead atoms. The van der Waals surface area contributed by atoms with Crippen LogP contribution >= 0.6 is 0 Å². The van der Waals surface area contributed by atoms with E-state index in [4.69, 9.17) is 14.6 Å². The highest BCUT2D eigenvalue weighted by atomic mass is 19.1. The average molecular weight is 540 g/mol. The number of carbonyl (C=O) groups is 2. The first-order chi connectivity index (χ1) is 18.2. The molecule has 0 saturated heterocycles. The van der Waals surface area contributed by atoms with Crippen LogP contribution in [0.1, 0.15) is 84.9 Å². The molecule has 0 aliphatic heterocycles. The minimum Gasteiger partial charge on any atom is -0.443 e. The SMILES string of the molecule is Cn1ccc2c(-c3cn([C@H]4C[C@H](CN(C(=O)OC(C)(C)C)C(=O)OC(C)(C)C)C4)nc3C3CC3)ncc(F)c21. The van der Waals surface area contributed by atoms with E-state index in [2.05, 4.69) is 4.98 Å². The predicted molar refractivity (Wildman–Crippen MR) is 145 cm³/mol. The van der Waals surface area contributed by atoms with Crippen molar-refractivity contribution in [1.82, 2.24) is 24.2 Å². The van der Waals surface area contributed by atoms with Gasteiger partial charge in [-0.1, -0.05) is 0 Å². The Morgan fingerprint density at radius 1 is 1.08 bits per heavy atom. The second-order valence-corrected chi connectivity index (χ2v) is 12.9. The molecular weight excluding hydrogens is 501 g/mol. The zero-order chi connectivity index (χ0) is 28.3. The predicted octanol–water partition coefficient (Wildman–Crippen LogP) is 6.58. The average Bonchev–Trinajstić information content (AvgIpc) is 3.41. The van der Waals surface area contributed by atoms with E-state index in [1.807, 2.05) is 30.2 Å². The number of hydrogen-bond acceptors (Lipinski definition) is 6. The molecule has 3 heterocycles. The summed E-state index contributed by atoms with van der Waals surface area (Å²) in [6.07, 6.45) is 7.43. The molecule has 0 aromatic carbocycles. The number of aryl methyl sites for hydroxylation is 1. The first kappa shape index (κ1) is 27.1. The van der Waals surface area contributed by atoms with E-state index in [-0.39, 0.29) is 24.3 Å². The van der Waals surface area contributed by atoms with Gasteiger partial charge < -0.3 is 14.0 Å². The first-order valence-corrected chi connectivity index (χ1v) is 13.6. The molecule has 2 fully saturated rings. The summed E-state index contributed by atoms with van der Waals surface area (Å²) in [5, 5.41) is 5.74. The molecule has 0 atom stereocenters. The molecule has 10 heteroatoms. The van der Waals surface area contributed by atoms with Gasteiger partial charge in [-0.05, 0) is 79.2 Å². The number of amides is 2. The third kappa shape index (κ3) is 5.79. The highest BCUT2D eigenvalue weighted by Crippen LogP contribution is 2.46. The van der Waals surface area contributed by atoms with Gasteiger partial charge in [0.15, 0.2) is 5.82 Å². The Balaban J connectivity index is 1.34. The maximum Gasteiger partial charge on any atom is 0.419 e. The summed E-state index contributed by atoms with van der Waals surface area (Å²) in [7, 11) is 1.83. The van der Waals surface area contributed by atoms with Gasteiger partial charge in [-0.15, -0.1) is 0 Å². The van der Waals surface area contributed by atoms with Gasteiger partial charge in [0.1, 0.15) is 11.2 Å². The lowest BCUT2D eigenvalue weighted by Gasteiger charge is -2.38. The molecule has 210 valence electrons. The van der Waals surface area contributed by atoms with Gasteiger partial charge in [0.2, 0.25) is 0 Å². The Hall–Kier alpha value is -3.43. The summed E-state index contributed by atoms with van der Waals surface area (Å²) in [5.74, 6) is 0.136. The lowest BCUT2D eigenvalue weighted by atomic mass is 9.80. The van der Waals surface area contributed by atoms with Crippen LogP contribution in [0.5, 0.6) is 0 Å². The Kier molecular flexibility index (Phi) is 6.71. The van der Waals surface area contributed by atoms with Gasteiger partial charge in [0, 0.05) is 42.9 Å². The number of aromatic nitrogens is 4. The summed E-state index contributed by atoms with van der Waals surface area (Å²) in [5.41, 5.74) is 1.76. The number of ether oxygens (including phenoxy) is 2. The summed E-state index contributed by atoms with van der Waals surface area (Å²) in [6, 6.07) is 2.03. The molecule has 2 aliphatic rings. The van der Waals surface area contributed by atoms with E-state index in [9.17, 15) is 14.0 Å². The minimum absolute atomic E-state index is 0.0943. The smallest absolute Gasteiger partial charge is 0.419 e. The molecule has 3 aromatic rings. The third-order valence-corrected chi connectivity index (χ3v) is 7.09. The van der Waals surface area contributed by atoms with Crippen molar-refractivity contribution in [3.63, 3.8) is 0 Å². The molecule has 0 radical (unpaired) electrons. The van der Waals surface area contributed by atoms with Gasteiger partial charge in [-0.3, -0.25) is 9.67 Å². The molecular formula is C29H38FN5O4. The van der Waals surface area contributed by atoms with Crippen LogP contribution in [0, 0.1) is 11.7 Å². The fraction of sp³-hybridized carbons (Fsp3) is 0.586. The van der Waals surface area contributed by atoms with E-state index in [1.165, 1.54) is 6.20 Å². The Morgan fingerprint density at radius 2 is 1.69 bits per heavy atom. The number of halogens is 1. The van der Waals surface area contributed by atoms with Crippen molar-refractivity contribution >= 4 is 23.1 Å². The van der Waals surface area contributed by atoms with Crippen molar-refractivity contribution in [2.45, 2.75) is 90.4 Å². The molecule has 2 saturated carbocycles. The molecule has 9 nitrogen and oxygen atoms in total. The highest BCUT2D eigenvalue weighted by Gasteiger charge is 2.40. The number of nitrogens with zero attached hydrogens (tertiary/aromatic N) is 5. The molecule has 2 aliphatic carbocycles. The van der Waals surface area contributed by atoms with Crippen LogP contribution in [0.2, 0.25) is 0 Å². The zero-order valence-electron chi connectivity index (χ0n) is 23.8. The number of hydrogen-bond donors (Lipinski definition) is 0. The van der Waals surface area contributed by atoms with Gasteiger partial charge in [-0.2, -0.15) is 5.10 Å². The summed E-state index contributed by atoms with van der Waals surface area (Å²) in [4.78, 5) is 31.3. The van der Waals surface area contributed by atoms with Crippen molar-refractivity contribution in [3.05, 3.63) is 36.2 Å². The minimum atomic E-state index is -0.733. The van der Waals surface area contributed by atoms with Crippen LogP contribution in [-0.4, -0.2) is 54.2 Å². The standard InChI is InChI=1S/C29H38FN5O4/c1-28(2,3)38-26(36)34(27(37)39-29(4,5)6)15-17-12-19(13-17)35-16-21(23(32-35)18-8-9-18)24-20-10-11-33(7)25(20)22(30)14-31-24/h10-11,14,16-19H,8-9,12-13,15H2,1-7H3/t17-,19-. The molecule has 0 N–H and O–H groups in total. The molecule has 5 rings (SSSR count). The van der Waals surface area contributed by atoms with E-state index < -0.39 is 23.4 Å². The van der Waals surface area contributed by atoms with E-state index in [0.29, 0.717) is 11.4 Å². The monoisotopic (exact) mass is 539 g/mol. The van der Waals surface area contributed by atoms with Crippen molar-refractivity contribution < 1.29 is 23.5 Å². The van der Waals surface area contributed by atoms with Gasteiger partial charge in [0.05, 0.1) is 29.1 Å². The number of pyridine rings is 1. The Labute approximate surface area is 228 Å². The largest absolute Gasteiger partial charge is 0.443 e. The number of fused-ring (bicyclic) bond motifs is 1. The van der Waals surface area contributed by atoms with Crippen LogP contribution in [-0.2, 0) is 16.5 Å². The molecule has 39 heavy (non-hydrogen) atoms. The number of carbonyl (C=O) groups excluding carboxylic acids is 2. The van der Waals surface area contributed by atoms with Crippen molar-refractivity contribution in [1.29, 1.82) is 0 Å². The zero-order valence-corrected chi connectivity index (χ0v) is 23.8. The van der Waals surface area contributed by atoms with Crippen molar-refractivity contribution in [3.8, 4) is 11.3 Å². The fourth-order valence-electron chi connectivity index (χ4n) is 5.10. The summed E-state index contributed by atoms with van der Waals surface area (Å²) in [6.45, 7) is 10.8. The van der Waals surface area contributed by atoms with E-state index in [1.54, 1.807) is 46.1 Å². The highest BCUT2D eigenvalue weighted by molar-refractivity contribution is 5.94. The van der Waals surface area contributed by atoms with Gasteiger partial charge in [-0.25, -0.2) is 18.9 Å². The topological polar surface area (TPSA) is 91.5 Å². The van der Waals surface area contributed by atoms with Crippen molar-refractivity contribution in [2.75, 3.05) is 6.54 Å². The molecule has 2 amide bonds. The molecule has 0 unspecified atom stereocenters.